The van der Waals surface area contributed by atoms with Crippen LogP contribution in [0.25, 0.3) is 0 Å². The molecule has 0 bridgehead atoms. The topological polar surface area (TPSA) is 35.8 Å². The number of rotatable bonds is 4. The Morgan fingerprint density at radius 1 is 1.25 bits per heavy atom. The molecule has 0 saturated heterocycles. The zero-order valence-electron chi connectivity index (χ0n) is 11.0. The number of benzene rings is 2. The fourth-order valence-corrected chi connectivity index (χ4v) is 2.22. The molecule has 102 valence electrons. The first-order valence-corrected chi connectivity index (χ1v) is 7.06. The number of nitriles is 1. The Bertz CT molecular complexity index is 632. The average Bonchev–Trinajstić information content (AvgIpc) is 2.45. The van der Waals surface area contributed by atoms with Crippen molar-refractivity contribution in [3.05, 3.63) is 69.4 Å². The molecule has 0 saturated carbocycles. The number of hydrogen-bond acceptors (Lipinski definition) is 2. The lowest BCUT2D eigenvalue weighted by atomic mass is 10.1. The number of nitrogens with one attached hydrogen (secondary N) is 1. The second-order valence-electron chi connectivity index (χ2n) is 4.61. The third-order valence-electron chi connectivity index (χ3n) is 3.07. The summed E-state index contributed by atoms with van der Waals surface area (Å²) in [6.07, 6.45) is 0. The van der Waals surface area contributed by atoms with Gasteiger partial charge < -0.3 is 5.32 Å². The summed E-state index contributed by atoms with van der Waals surface area (Å²) in [7, 11) is 0. The first kappa shape index (κ1) is 14.7. The summed E-state index contributed by atoms with van der Waals surface area (Å²) in [5.41, 5.74) is 2.27. The lowest BCUT2D eigenvalue weighted by Gasteiger charge is -2.14. The van der Waals surface area contributed by atoms with Crippen LogP contribution < -0.4 is 5.32 Å². The number of nitrogens with zero attached hydrogens (tertiary/aromatic N) is 1. The molecule has 0 aliphatic heterocycles. The molecule has 4 heteroatoms. The molecule has 0 fully saturated rings. The van der Waals surface area contributed by atoms with Crippen molar-refractivity contribution in [2.75, 3.05) is 0 Å². The van der Waals surface area contributed by atoms with Gasteiger partial charge >= 0.3 is 0 Å². The van der Waals surface area contributed by atoms with Crippen LogP contribution >= 0.6 is 15.9 Å². The molecule has 2 nitrogen and oxygen atoms in total. The zero-order chi connectivity index (χ0) is 14.5. The van der Waals surface area contributed by atoms with Gasteiger partial charge in [0.2, 0.25) is 0 Å². The largest absolute Gasteiger partial charge is 0.306 e. The van der Waals surface area contributed by atoms with Gasteiger partial charge in [0.1, 0.15) is 5.82 Å². The van der Waals surface area contributed by atoms with Crippen molar-refractivity contribution >= 4 is 15.9 Å². The van der Waals surface area contributed by atoms with Crippen LogP contribution in [-0.2, 0) is 6.54 Å². The Kier molecular flexibility index (Phi) is 4.89. The summed E-state index contributed by atoms with van der Waals surface area (Å²) in [5, 5.41) is 12.1. The van der Waals surface area contributed by atoms with Crippen molar-refractivity contribution in [3.63, 3.8) is 0 Å². The maximum Gasteiger partial charge on any atom is 0.124 e. The predicted octanol–water partition coefficient (Wildman–Crippen LogP) is 4.31. The Hall–Kier alpha value is -1.70. The normalized spacial score (nSPS) is 11.9. The van der Waals surface area contributed by atoms with E-state index in [9.17, 15) is 4.39 Å². The van der Waals surface area contributed by atoms with E-state index in [4.69, 9.17) is 5.26 Å². The second-order valence-corrected chi connectivity index (χ2v) is 5.53. The minimum atomic E-state index is -0.378. The Morgan fingerprint density at radius 2 is 1.95 bits per heavy atom. The molecule has 1 atom stereocenters. The van der Waals surface area contributed by atoms with Crippen LogP contribution in [0.3, 0.4) is 0 Å². The van der Waals surface area contributed by atoms with E-state index in [1.165, 1.54) is 12.1 Å². The lowest BCUT2D eigenvalue weighted by Crippen LogP contribution is -2.18. The minimum Gasteiger partial charge on any atom is -0.306 e. The molecule has 0 spiro atoms. The smallest absolute Gasteiger partial charge is 0.124 e. The maximum atomic E-state index is 13.3. The van der Waals surface area contributed by atoms with E-state index in [2.05, 4.69) is 21.2 Å². The maximum absolute atomic E-state index is 13.3. The molecule has 20 heavy (non-hydrogen) atoms. The molecule has 2 aromatic carbocycles. The third kappa shape index (κ3) is 3.89. The van der Waals surface area contributed by atoms with E-state index in [0.29, 0.717) is 12.1 Å². The van der Waals surface area contributed by atoms with Gasteiger partial charge in [0.25, 0.3) is 0 Å². The van der Waals surface area contributed by atoms with Gasteiger partial charge in [0.05, 0.1) is 11.6 Å². The van der Waals surface area contributed by atoms with Gasteiger partial charge in [0.15, 0.2) is 0 Å². The average molecular weight is 333 g/mol. The highest BCUT2D eigenvalue weighted by atomic mass is 79.9. The van der Waals surface area contributed by atoms with Crippen molar-refractivity contribution in [2.24, 2.45) is 0 Å². The van der Waals surface area contributed by atoms with E-state index in [-0.39, 0.29) is 11.9 Å². The molecule has 0 heterocycles. The van der Waals surface area contributed by atoms with Crippen LogP contribution in [0.15, 0.2) is 46.9 Å². The molecule has 0 unspecified atom stereocenters. The van der Waals surface area contributed by atoms with Crippen LogP contribution in [0.4, 0.5) is 4.39 Å². The van der Waals surface area contributed by atoms with Gasteiger partial charge in [-0.1, -0.05) is 28.1 Å². The van der Waals surface area contributed by atoms with Crippen molar-refractivity contribution in [1.82, 2.24) is 5.32 Å². The SMILES string of the molecule is C[C@@H](NCc1cc(F)cc(C#N)c1)c1ccc(Br)cc1. The van der Waals surface area contributed by atoms with Gasteiger partial charge in [-0.15, -0.1) is 0 Å². The van der Waals surface area contributed by atoms with E-state index in [1.54, 1.807) is 6.07 Å². The summed E-state index contributed by atoms with van der Waals surface area (Å²) >= 11 is 3.40. The standard InChI is InChI=1S/C16H14BrFN2/c1-11(14-2-4-15(17)5-3-14)20-10-13-6-12(9-19)7-16(18)8-13/h2-8,11,20H,10H2,1H3/t11-/m1/s1. The Morgan fingerprint density at radius 3 is 2.60 bits per heavy atom. The molecule has 1 N–H and O–H groups in total. The third-order valence-corrected chi connectivity index (χ3v) is 3.60. The van der Waals surface area contributed by atoms with Gasteiger partial charge in [-0.2, -0.15) is 5.26 Å². The monoisotopic (exact) mass is 332 g/mol. The van der Waals surface area contributed by atoms with Crippen molar-refractivity contribution in [3.8, 4) is 6.07 Å². The molecule has 0 amide bonds. The zero-order valence-corrected chi connectivity index (χ0v) is 12.6. The van der Waals surface area contributed by atoms with Crippen molar-refractivity contribution in [1.29, 1.82) is 5.26 Å². The first-order valence-electron chi connectivity index (χ1n) is 6.27. The Labute approximate surface area is 126 Å². The van der Waals surface area contributed by atoms with Gasteiger partial charge in [-0.05, 0) is 48.4 Å². The van der Waals surface area contributed by atoms with E-state index >= 15 is 0 Å². The summed E-state index contributed by atoms with van der Waals surface area (Å²) in [6.45, 7) is 2.57. The van der Waals surface area contributed by atoms with Gasteiger partial charge in [0, 0.05) is 17.1 Å². The number of hydrogen-bond donors (Lipinski definition) is 1. The van der Waals surface area contributed by atoms with Crippen LogP contribution in [0, 0.1) is 17.1 Å². The molecule has 2 rings (SSSR count). The van der Waals surface area contributed by atoms with Crippen LogP contribution in [0.1, 0.15) is 29.7 Å². The Balaban J connectivity index is 2.03. The van der Waals surface area contributed by atoms with Crippen LogP contribution in [-0.4, -0.2) is 0 Å². The summed E-state index contributed by atoms with van der Waals surface area (Å²) in [4.78, 5) is 0. The van der Waals surface area contributed by atoms with E-state index < -0.39 is 0 Å². The second kappa shape index (κ2) is 6.65. The minimum absolute atomic E-state index is 0.150. The molecule has 0 aliphatic rings. The fraction of sp³-hybridized carbons (Fsp3) is 0.188. The van der Waals surface area contributed by atoms with Crippen LogP contribution in [0.2, 0.25) is 0 Å². The summed E-state index contributed by atoms with van der Waals surface area (Å²) in [5.74, 6) is -0.378. The first-order chi connectivity index (χ1) is 9.58. The molecule has 0 radical (unpaired) electrons. The van der Waals surface area contributed by atoms with Crippen LogP contribution in [0.5, 0.6) is 0 Å². The summed E-state index contributed by atoms with van der Waals surface area (Å²) < 4.78 is 14.4. The van der Waals surface area contributed by atoms with E-state index in [1.807, 2.05) is 37.3 Å². The highest BCUT2D eigenvalue weighted by Gasteiger charge is 2.06. The van der Waals surface area contributed by atoms with Gasteiger partial charge in [-0.3, -0.25) is 0 Å². The molecular formula is C16H14BrFN2. The highest BCUT2D eigenvalue weighted by molar-refractivity contribution is 9.10. The lowest BCUT2D eigenvalue weighted by molar-refractivity contribution is 0.569. The van der Waals surface area contributed by atoms with Crippen molar-refractivity contribution < 1.29 is 4.39 Å². The highest BCUT2D eigenvalue weighted by Crippen LogP contribution is 2.17. The number of halogens is 2. The fourth-order valence-electron chi connectivity index (χ4n) is 1.96. The summed E-state index contributed by atoms with van der Waals surface area (Å²) in [6, 6.07) is 14.5. The van der Waals surface area contributed by atoms with Crippen molar-refractivity contribution in [2.45, 2.75) is 19.5 Å². The molecular weight excluding hydrogens is 319 g/mol. The molecule has 0 aromatic heterocycles. The van der Waals surface area contributed by atoms with Gasteiger partial charge in [-0.25, -0.2) is 4.39 Å². The quantitative estimate of drug-likeness (QED) is 0.905. The predicted molar refractivity (Wildman–Crippen MR) is 80.5 cm³/mol. The molecule has 2 aromatic rings. The molecule has 0 aliphatic carbocycles. The van der Waals surface area contributed by atoms with E-state index in [0.717, 1.165) is 15.6 Å².